The van der Waals surface area contributed by atoms with Gasteiger partial charge in [-0.2, -0.15) is 0 Å². The summed E-state index contributed by atoms with van der Waals surface area (Å²) in [6.07, 6.45) is 1.48. The molecular weight excluding hydrogens is 458 g/mol. The van der Waals surface area contributed by atoms with Gasteiger partial charge in [-0.25, -0.2) is 4.90 Å². The fourth-order valence-corrected chi connectivity index (χ4v) is 3.74. The summed E-state index contributed by atoms with van der Waals surface area (Å²) < 4.78 is 5.89. The smallest absolute Gasteiger partial charge is 0.298 e. The zero-order valence-electron chi connectivity index (χ0n) is 13.5. The first-order valence-corrected chi connectivity index (χ1v) is 9.49. The molecule has 0 N–H and O–H groups in total. The number of anilines is 1. The number of hydrogen-bond donors (Lipinski definition) is 0. The molecule has 1 aliphatic rings. The molecule has 0 aromatic heterocycles. The Labute approximate surface area is 171 Å². The van der Waals surface area contributed by atoms with Gasteiger partial charge < -0.3 is 14.6 Å². The molecule has 9 heteroatoms. The lowest BCUT2D eigenvalue weighted by Gasteiger charge is -2.12. The SMILES string of the molecule is O=C([O-])COc1ccc(Br)cc1/C=C1\SC(=O)N(c2cccc(Cl)c2)C1=O. The summed E-state index contributed by atoms with van der Waals surface area (Å²) in [5, 5.41) is 10.6. The molecule has 2 aromatic carbocycles. The van der Waals surface area contributed by atoms with Crippen molar-refractivity contribution < 1.29 is 24.2 Å². The first kappa shape index (κ1) is 19.5. The van der Waals surface area contributed by atoms with Crippen LogP contribution in [0.4, 0.5) is 10.5 Å². The van der Waals surface area contributed by atoms with Crippen molar-refractivity contribution in [1.82, 2.24) is 0 Å². The van der Waals surface area contributed by atoms with Crippen molar-refractivity contribution in [3.05, 3.63) is 62.4 Å². The van der Waals surface area contributed by atoms with Gasteiger partial charge in [-0.3, -0.25) is 9.59 Å². The van der Waals surface area contributed by atoms with E-state index in [0.29, 0.717) is 20.7 Å². The molecule has 3 rings (SSSR count). The number of benzene rings is 2. The van der Waals surface area contributed by atoms with Crippen LogP contribution >= 0.6 is 39.3 Å². The molecule has 1 heterocycles. The molecule has 2 amide bonds. The van der Waals surface area contributed by atoms with E-state index in [1.807, 2.05) is 0 Å². The summed E-state index contributed by atoms with van der Waals surface area (Å²) in [5.74, 6) is -1.62. The Morgan fingerprint density at radius 2 is 2.04 bits per heavy atom. The molecule has 0 radical (unpaired) electrons. The minimum atomic E-state index is -1.37. The predicted molar refractivity (Wildman–Crippen MR) is 105 cm³/mol. The Balaban J connectivity index is 1.94. The van der Waals surface area contributed by atoms with E-state index in [9.17, 15) is 19.5 Å². The highest BCUT2D eigenvalue weighted by atomic mass is 79.9. The maximum absolute atomic E-state index is 12.7. The number of carbonyl (C=O) groups is 3. The number of carboxylic acids is 1. The van der Waals surface area contributed by atoms with Gasteiger partial charge in [-0.15, -0.1) is 0 Å². The summed E-state index contributed by atoms with van der Waals surface area (Å²) in [6.45, 7) is -0.632. The van der Waals surface area contributed by atoms with Gasteiger partial charge >= 0.3 is 0 Å². The van der Waals surface area contributed by atoms with E-state index in [4.69, 9.17) is 16.3 Å². The fourth-order valence-electron chi connectivity index (χ4n) is 2.35. The number of nitrogens with zero attached hydrogens (tertiary/aromatic N) is 1. The van der Waals surface area contributed by atoms with Crippen LogP contribution in [0.1, 0.15) is 5.56 Å². The normalized spacial score (nSPS) is 15.5. The average Bonchev–Trinajstić information content (AvgIpc) is 2.87. The van der Waals surface area contributed by atoms with E-state index < -0.39 is 23.7 Å². The van der Waals surface area contributed by atoms with Gasteiger partial charge in [0.05, 0.1) is 16.6 Å². The van der Waals surface area contributed by atoms with Crippen LogP contribution in [-0.4, -0.2) is 23.7 Å². The van der Waals surface area contributed by atoms with Gasteiger partial charge in [0, 0.05) is 15.1 Å². The number of rotatable bonds is 5. The zero-order chi connectivity index (χ0) is 19.6. The second-order valence-electron chi connectivity index (χ2n) is 5.34. The van der Waals surface area contributed by atoms with Crippen LogP contribution in [0, 0.1) is 0 Å². The molecule has 0 spiro atoms. The second kappa shape index (κ2) is 8.16. The standard InChI is InChI=1S/C18H11BrClNO5S/c19-11-4-5-14(26-9-16(22)23)10(6-11)7-15-17(24)21(18(25)27-15)13-3-1-2-12(20)8-13/h1-8H,9H2,(H,22,23)/p-1/b15-7-. The van der Waals surface area contributed by atoms with Crippen LogP contribution in [0.3, 0.4) is 0 Å². The highest BCUT2D eigenvalue weighted by molar-refractivity contribution is 9.10. The van der Waals surface area contributed by atoms with Gasteiger partial charge in [0.2, 0.25) is 0 Å². The first-order chi connectivity index (χ1) is 12.8. The Hall–Kier alpha value is -2.29. The van der Waals surface area contributed by atoms with Crippen LogP contribution in [-0.2, 0) is 9.59 Å². The molecule has 0 unspecified atom stereocenters. The highest BCUT2D eigenvalue weighted by Crippen LogP contribution is 2.37. The van der Waals surface area contributed by atoms with Crippen molar-refractivity contribution in [3.63, 3.8) is 0 Å². The molecule has 2 aromatic rings. The predicted octanol–water partition coefficient (Wildman–Crippen LogP) is 3.47. The van der Waals surface area contributed by atoms with Gasteiger partial charge in [-0.05, 0) is 54.2 Å². The molecular formula is C18H10BrClNO5S-. The summed E-state index contributed by atoms with van der Waals surface area (Å²) in [4.78, 5) is 36.9. The first-order valence-electron chi connectivity index (χ1n) is 7.51. The van der Waals surface area contributed by atoms with Crippen LogP contribution in [0.5, 0.6) is 5.75 Å². The number of carbonyl (C=O) groups excluding carboxylic acids is 3. The van der Waals surface area contributed by atoms with E-state index in [-0.39, 0.29) is 10.7 Å². The molecule has 6 nitrogen and oxygen atoms in total. The van der Waals surface area contributed by atoms with Gasteiger partial charge in [-0.1, -0.05) is 33.6 Å². The summed E-state index contributed by atoms with van der Waals surface area (Å²) in [7, 11) is 0. The monoisotopic (exact) mass is 466 g/mol. The third kappa shape index (κ3) is 4.52. The van der Waals surface area contributed by atoms with Gasteiger partial charge in [0.1, 0.15) is 12.4 Å². The molecule has 0 atom stereocenters. The Morgan fingerprint density at radius 3 is 2.74 bits per heavy atom. The highest BCUT2D eigenvalue weighted by Gasteiger charge is 2.36. The number of thioether (sulfide) groups is 1. The number of amides is 2. The number of imide groups is 1. The largest absolute Gasteiger partial charge is 0.546 e. The van der Waals surface area contributed by atoms with Crippen molar-refractivity contribution in [2.45, 2.75) is 0 Å². The maximum Gasteiger partial charge on any atom is 0.298 e. The third-order valence-corrected chi connectivity index (χ3v) is 5.06. The van der Waals surface area contributed by atoms with Crippen LogP contribution < -0.4 is 14.7 Å². The molecule has 1 saturated heterocycles. The molecule has 1 aliphatic heterocycles. The molecule has 1 fully saturated rings. The summed E-state index contributed by atoms with van der Waals surface area (Å²) >= 11 is 10.0. The van der Waals surface area contributed by atoms with Crippen LogP contribution in [0.15, 0.2) is 51.8 Å². The molecule has 138 valence electrons. The Kier molecular flexibility index (Phi) is 5.88. The van der Waals surface area contributed by atoms with E-state index in [1.54, 1.807) is 36.4 Å². The quantitative estimate of drug-likeness (QED) is 0.626. The third-order valence-electron chi connectivity index (χ3n) is 3.46. The number of hydrogen-bond acceptors (Lipinski definition) is 6. The molecule has 0 saturated carbocycles. The minimum absolute atomic E-state index is 0.177. The van der Waals surface area contributed by atoms with E-state index >= 15 is 0 Å². The van der Waals surface area contributed by atoms with Crippen molar-refractivity contribution >= 4 is 68.2 Å². The Bertz CT molecular complexity index is 978. The average molecular weight is 468 g/mol. The van der Waals surface area contributed by atoms with Crippen molar-refractivity contribution in [1.29, 1.82) is 0 Å². The summed E-state index contributed by atoms with van der Waals surface area (Å²) in [5.41, 5.74) is 0.818. The van der Waals surface area contributed by atoms with Gasteiger partial charge in [0.15, 0.2) is 0 Å². The lowest BCUT2D eigenvalue weighted by molar-refractivity contribution is -0.307. The number of ether oxygens (including phenoxy) is 1. The van der Waals surface area contributed by atoms with Crippen molar-refractivity contribution in [2.24, 2.45) is 0 Å². The Morgan fingerprint density at radius 1 is 1.26 bits per heavy atom. The lowest BCUT2D eigenvalue weighted by atomic mass is 10.2. The van der Waals surface area contributed by atoms with Gasteiger partial charge in [0.25, 0.3) is 11.1 Å². The van der Waals surface area contributed by atoms with E-state index in [1.165, 1.54) is 12.1 Å². The summed E-state index contributed by atoms with van der Waals surface area (Å²) in [6, 6.07) is 11.3. The van der Waals surface area contributed by atoms with E-state index in [0.717, 1.165) is 16.7 Å². The van der Waals surface area contributed by atoms with E-state index in [2.05, 4.69) is 15.9 Å². The fraction of sp³-hybridized carbons (Fsp3) is 0.0556. The van der Waals surface area contributed by atoms with Crippen LogP contribution in [0.2, 0.25) is 5.02 Å². The number of aliphatic carboxylic acids is 1. The molecule has 0 aliphatic carbocycles. The topological polar surface area (TPSA) is 86.7 Å². The number of halogens is 2. The zero-order valence-corrected chi connectivity index (χ0v) is 16.6. The maximum atomic E-state index is 12.7. The van der Waals surface area contributed by atoms with Crippen molar-refractivity contribution in [3.8, 4) is 5.75 Å². The lowest BCUT2D eigenvalue weighted by Crippen LogP contribution is -2.29. The van der Waals surface area contributed by atoms with Crippen LogP contribution in [0.25, 0.3) is 6.08 Å². The number of carboxylic acid groups (broad SMARTS) is 1. The minimum Gasteiger partial charge on any atom is -0.546 e. The molecule has 27 heavy (non-hydrogen) atoms. The second-order valence-corrected chi connectivity index (χ2v) is 7.69. The molecule has 0 bridgehead atoms. The van der Waals surface area contributed by atoms with Crippen molar-refractivity contribution in [2.75, 3.05) is 11.5 Å².